The summed E-state index contributed by atoms with van der Waals surface area (Å²) in [6, 6.07) is 16.5. The van der Waals surface area contributed by atoms with E-state index in [9.17, 15) is 9.59 Å². The summed E-state index contributed by atoms with van der Waals surface area (Å²) in [6.07, 6.45) is 4.08. The molecule has 0 bridgehead atoms. The number of nitrogens with one attached hydrogen (secondary N) is 1. The topological polar surface area (TPSA) is 52.7 Å². The van der Waals surface area contributed by atoms with E-state index < -0.39 is 6.04 Å². The highest BCUT2D eigenvalue weighted by Crippen LogP contribution is 2.33. The Labute approximate surface area is 179 Å². The zero-order valence-corrected chi connectivity index (χ0v) is 17.7. The van der Waals surface area contributed by atoms with Gasteiger partial charge < -0.3 is 10.2 Å². The van der Waals surface area contributed by atoms with Crippen LogP contribution in [0.2, 0.25) is 0 Å². The highest BCUT2D eigenvalue weighted by atomic mass is 16.2. The first-order valence-corrected chi connectivity index (χ1v) is 11.1. The second-order valence-electron chi connectivity index (χ2n) is 8.58. The zero-order chi connectivity index (χ0) is 20.9. The first-order chi connectivity index (χ1) is 14.6. The Morgan fingerprint density at radius 1 is 1.07 bits per heavy atom. The van der Waals surface area contributed by atoms with Crippen molar-refractivity contribution in [3.05, 3.63) is 65.7 Å². The number of benzene rings is 2. The molecule has 0 saturated carbocycles. The normalized spacial score (nSPS) is 21.3. The lowest BCUT2D eigenvalue weighted by Crippen LogP contribution is -2.48. The standard InChI is InChI=1S/C25H31N3O2/c1-19-9-7-15-27(18-19)16-8-14-26-24(29)23-17-21-12-5-6-13-22(21)28(23)25(30)20-10-3-2-4-11-20/h2-6,10-13,19,23H,7-9,14-18H2,1H3,(H,26,29)/t19-,23+/m1/s1. The van der Waals surface area contributed by atoms with Gasteiger partial charge in [0.05, 0.1) is 0 Å². The van der Waals surface area contributed by atoms with Crippen LogP contribution < -0.4 is 10.2 Å². The van der Waals surface area contributed by atoms with E-state index in [2.05, 4.69) is 17.1 Å². The van der Waals surface area contributed by atoms with Crippen LogP contribution in [0.15, 0.2) is 54.6 Å². The smallest absolute Gasteiger partial charge is 0.259 e. The number of carbonyl (C=O) groups excluding carboxylic acids is 2. The summed E-state index contributed by atoms with van der Waals surface area (Å²) in [5.41, 5.74) is 2.49. The van der Waals surface area contributed by atoms with Crippen molar-refractivity contribution in [2.75, 3.05) is 31.1 Å². The number of nitrogens with zero attached hydrogens (tertiary/aromatic N) is 2. The number of hydrogen-bond acceptors (Lipinski definition) is 3. The SMILES string of the molecule is C[C@@H]1CCCN(CCCNC(=O)[C@@H]2Cc3ccccc3N2C(=O)c2ccccc2)C1. The molecule has 0 unspecified atom stereocenters. The fourth-order valence-corrected chi connectivity index (χ4v) is 4.69. The summed E-state index contributed by atoms with van der Waals surface area (Å²) in [4.78, 5) is 30.4. The van der Waals surface area contributed by atoms with Gasteiger partial charge in [0.2, 0.25) is 5.91 Å². The first kappa shape index (κ1) is 20.6. The Morgan fingerprint density at radius 2 is 1.83 bits per heavy atom. The van der Waals surface area contributed by atoms with Crippen molar-refractivity contribution in [3.8, 4) is 0 Å². The summed E-state index contributed by atoms with van der Waals surface area (Å²) in [7, 11) is 0. The van der Waals surface area contributed by atoms with Gasteiger partial charge in [0.1, 0.15) is 6.04 Å². The minimum absolute atomic E-state index is 0.0671. The van der Waals surface area contributed by atoms with E-state index in [0.717, 1.165) is 43.2 Å². The minimum Gasteiger partial charge on any atom is -0.354 e. The Kier molecular flexibility index (Phi) is 6.48. The molecule has 2 aromatic rings. The molecule has 0 radical (unpaired) electrons. The highest BCUT2D eigenvalue weighted by molar-refractivity contribution is 6.11. The van der Waals surface area contributed by atoms with Crippen LogP contribution in [0.5, 0.6) is 0 Å². The average Bonchev–Trinajstić information content (AvgIpc) is 3.16. The highest BCUT2D eigenvalue weighted by Gasteiger charge is 2.38. The number of para-hydroxylation sites is 1. The van der Waals surface area contributed by atoms with Crippen LogP contribution >= 0.6 is 0 Å². The quantitative estimate of drug-likeness (QED) is 0.749. The van der Waals surface area contributed by atoms with E-state index in [4.69, 9.17) is 0 Å². The number of piperidine rings is 1. The van der Waals surface area contributed by atoms with Gasteiger partial charge in [-0.3, -0.25) is 14.5 Å². The maximum Gasteiger partial charge on any atom is 0.259 e. The fourth-order valence-electron chi connectivity index (χ4n) is 4.69. The summed E-state index contributed by atoms with van der Waals surface area (Å²) in [5, 5.41) is 3.09. The molecule has 5 nitrogen and oxygen atoms in total. The summed E-state index contributed by atoms with van der Waals surface area (Å²) < 4.78 is 0. The van der Waals surface area contributed by atoms with Crippen LogP contribution in [0, 0.1) is 5.92 Å². The lowest BCUT2D eigenvalue weighted by molar-refractivity contribution is -0.122. The van der Waals surface area contributed by atoms with Crippen LogP contribution in [-0.4, -0.2) is 48.9 Å². The Hall–Kier alpha value is -2.66. The molecule has 1 saturated heterocycles. The molecule has 0 spiro atoms. The predicted octanol–water partition coefficient (Wildman–Crippen LogP) is 3.50. The Morgan fingerprint density at radius 3 is 2.63 bits per heavy atom. The van der Waals surface area contributed by atoms with E-state index in [1.54, 1.807) is 17.0 Å². The Balaban J connectivity index is 1.39. The fraction of sp³-hybridized carbons (Fsp3) is 0.440. The van der Waals surface area contributed by atoms with Crippen molar-refractivity contribution in [2.24, 2.45) is 5.92 Å². The molecule has 1 N–H and O–H groups in total. The zero-order valence-electron chi connectivity index (χ0n) is 17.7. The third kappa shape index (κ3) is 4.57. The van der Waals surface area contributed by atoms with Crippen molar-refractivity contribution in [2.45, 2.75) is 38.6 Å². The lowest BCUT2D eigenvalue weighted by Gasteiger charge is -2.30. The molecule has 30 heavy (non-hydrogen) atoms. The monoisotopic (exact) mass is 405 g/mol. The van der Waals surface area contributed by atoms with Gasteiger partial charge in [-0.15, -0.1) is 0 Å². The van der Waals surface area contributed by atoms with Gasteiger partial charge in [-0.25, -0.2) is 0 Å². The molecule has 0 aromatic heterocycles. The van der Waals surface area contributed by atoms with E-state index in [0.29, 0.717) is 18.5 Å². The van der Waals surface area contributed by atoms with Crippen LogP contribution in [-0.2, 0) is 11.2 Å². The largest absolute Gasteiger partial charge is 0.354 e. The molecule has 2 aromatic carbocycles. The first-order valence-electron chi connectivity index (χ1n) is 11.1. The molecule has 158 valence electrons. The van der Waals surface area contributed by atoms with Crippen molar-refractivity contribution in [1.82, 2.24) is 10.2 Å². The molecular formula is C25H31N3O2. The van der Waals surface area contributed by atoms with Crippen LogP contribution in [0.4, 0.5) is 5.69 Å². The molecule has 1 fully saturated rings. The Bertz CT molecular complexity index is 883. The number of rotatable bonds is 6. The van der Waals surface area contributed by atoms with Crippen LogP contribution in [0.1, 0.15) is 42.1 Å². The lowest BCUT2D eigenvalue weighted by atomic mass is 10.0. The average molecular weight is 406 g/mol. The summed E-state index contributed by atoms with van der Waals surface area (Å²) >= 11 is 0. The van der Waals surface area contributed by atoms with Crippen molar-refractivity contribution in [3.63, 3.8) is 0 Å². The molecule has 2 aliphatic heterocycles. The molecule has 2 amide bonds. The number of amides is 2. The van der Waals surface area contributed by atoms with Crippen molar-refractivity contribution >= 4 is 17.5 Å². The van der Waals surface area contributed by atoms with Crippen LogP contribution in [0.25, 0.3) is 0 Å². The van der Waals surface area contributed by atoms with Gasteiger partial charge in [0, 0.05) is 30.8 Å². The molecule has 0 aliphatic carbocycles. The number of carbonyl (C=O) groups is 2. The number of anilines is 1. The summed E-state index contributed by atoms with van der Waals surface area (Å²) in [6.45, 7) is 6.29. The van der Waals surface area contributed by atoms with Gasteiger partial charge in [-0.1, -0.05) is 43.3 Å². The number of hydrogen-bond donors (Lipinski definition) is 1. The molecule has 5 heteroatoms. The predicted molar refractivity (Wildman–Crippen MR) is 120 cm³/mol. The maximum atomic E-state index is 13.2. The minimum atomic E-state index is -0.495. The van der Waals surface area contributed by atoms with E-state index >= 15 is 0 Å². The second kappa shape index (κ2) is 9.43. The van der Waals surface area contributed by atoms with Crippen molar-refractivity contribution < 1.29 is 9.59 Å². The van der Waals surface area contributed by atoms with Gasteiger partial charge in [-0.2, -0.15) is 0 Å². The van der Waals surface area contributed by atoms with Gasteiger partial charge in [0.25, 0.3) is 5.91 Å². The number of likely N-dealkylation sites (tertiary alicyclic amines) is 1. The maximum absolute atomic E-state index is 13.2. The molecule has 4 rings (SSSR count). The molecule has 2 heterocycles. The molecular weight excluding hydrogens is 374 g/mol. The van der Waals surface area contributed by atoms with E-state index in [1.807, 2.05) is 42.5 Å². The van der Waals surface area contributed by atoms with Gasteiger partial charge >= 0.3 is 0 Å². The van der Waals surface area contributed by atoms with E-state index in [1.165, 1.54) is 12.8 Å². The van der Waals surface area contributed by atoms with Crippen LogP contribution in [0.3, 0.4) is 0 Å². The second-order valence-corrected chi connectivity index (χ2v) is 8.58. The number of fused-ring (bicyclic) bond motifs is 1. The van der Waals surface area contributed by atoms with Gasteiger partial charge in [0.15, 0.2) is 0 Å². The van der Waals surface area contributed by atoms with Crippen molar-refractivity contribution in [1.29, 1.82) is 0 Å². The third-order valence-corrected chi connectivity index (χ3v) is 6.21. The van der Waals surface area contributed by atoms with Gasteiger partial charge in [-0.05, 0) is 62.0 Å². The molecule has 2 atom stereocenters. The van der Waals surface area contributed by atoms with E-state index in [-0.39, 0.29) is 11.8 Å². The summed E-state index contributed by atoms with van der Waals surface area (Å²) in [5.74, 6) is 0.577. The molecule has 2 aliphatic rings. The third-order valence-electron chi connectivity index (χ3n) is 6.21.